The van der Waals surface area contributed by atoms with Crippen LogP contribution >= 0.6 is 11.6 Å². The Kier molecular flexibility index (Phi) is 5.51. The SMILES string of the molecule is CC(N)=Nc1cccc(C(O)=C(C(=O)c2ccnc(Cl)c2)c2nc3ccccc3[nH]2)c1. The Morgan fingerprint density at radius 2 is 1.90 bits per heavy atom. The van der Waals surface area contributed by atoms with Gasteiger partial charge in [-0.25, -0.2) is 15.0 Å². The summed E-state index contributed by atoms with van der Waals surface area (Å²) in [4.78, 5) is 29.2. The molecule has 0 spiro atoms. The summed E-state index contributed by atoms with van der Waals surface area (Å²) in [6.45, 7) is 1.67. The minimum Gasteiger partial charge on any atom is -0.506 e. The zero-order valence-corrected chi connectivity index (χ0v) is 17.3. The fourth-order valence-electron chi connectivity index (χ4n) is 3.16. The number of imidazole rings is 1. The number of H-pyrrole nitrogens is 1. The van der Waals surface area contributed by atoms with Crippen LogP contribution in [0.3, 0.4) is 0 Å². The molecule has 8 heteroatoms. The summed E-state index contributed by atoms with van der Waals surface area (Å²) >= 11 is 5.98. The van der Waals surface area contributed by atoms with E-state index in [4.69, 9.17) is 17.3 Å². The first-order chi connectivity index (χ1) is 14.9. The van der Waals surface area contributed by atoms with E-state index in [1.165, 1.54) is 18.3 Å². The number of fused-ring (bicyclic) bond motifs is 1. The molecule has 0 bridgehead atoms. The van der Waals surface area contributed by atoms with Crippen molar-refractivity contribution >= 4 is 51.3 Å². The van der Waals surface area contributed by atoms with Gasteiger partial charge in [0.1, 0.15) is 22.3 Å². The molecule has 0 aliphatic heterocycles. The summed E-state index contributed by atoms with van der Waals surface area (Å²) < 4.78 is 0. The molecule has 0 saturated heterocycles. The quantitative estimate of drug-likeness (QED) is 0.103. The van der Waals surface area contributed by atoms with E-state index < -0.39 is 5.78 Å². The second-order valence-electron chi connectivity index (χ2n) is 6.83. The number of aliphatic hydroxyl groups is 1. The molecule has 0 aliphatic carbocycles. The van der Waals surface area contributed by atoms with Gasteiger partial charge in [-0.3, -0.25) is 4.79 Å². The highest BCUT2D eigenvalue weighted by atomic mass is 35.5. The number of allylic oxidation sites excluding steroid dienone is 1. The number of nitrogens with one attached hydrogen (secondary N) is 1. The number of nitrogens with two attached hydrogens (primary N) is 1. The lowest BCUT2D eigenvalue weighted by Crippen LogP contribution is -2.08. The second-order valence-corrected chi connectivity index (χ2v) is 7.21. The van der Waals surface area contributed by atoms with Crippen molar-refractivity contribution in [2.75, 3.05) is 0 Å². The van der Waals surface area contributed by atoms with E-state index in [2.05, 4.69) is 19.9 Å². The summed E-state index contributed by atoms with van der Waals surface area (Å²) in [7, 11) is 0. The molecule has 4 N–H and O–H groups in total. The monoisotopic (exact) mass is 431 g/mol. The largest absolute Gasteiger partial charge is 0.506 e. The Balaban J connectivity index is 1.93. The molecule has 0 aliphatic rings. The first-order valence-corrected chi connectivity index (χ1v) is 9.76. The number of hydrogen-bond acceptors (Lipinski definition) is 5. The zero-order valence-electron chi connectivity index (χ0n) is 16.5. The van der Waals surface area contributed by atoms with Crippen molar-refractivity contribution < 1.29 is 9.90 Å². The third kappa shape index (κ3) is 4.31. The highest BCUT2D eigenvalue weighted by Gasteiger charge is 2.24. The molecule has 0 atom stereocenters. The molecule has 2 aromatic heterocycles. The van der Waals surface area contributed by atoms with Gasteiger partial charge in [0.15, 0.2) is 0 Å². The number of amidine groups is 1. The van der Waals surface area contributed by atoms with Gasteiger partial charge in [-0.2, -0.15) is 0 Å². The van der Waals surface area contributed by atoms with E-state index >= 15 is 0 Å². The molecule has 0 radical (unpaired) electrons. The van der Waals surface area contributed by atoms with Crippen LogP contribution in [0.25, 0.3) is 22.4 Å². The molecule has 0 amide bonds. The van der Waals surface area contributed by atoms with Gasteiger partial charge in [-0.05, 0) is 43.3 Å². The highest BCUT2D eigenvalue weighted by molar-refractivity contribution is 6.34. The van der Waals surface area contributed by atoms with E-state index in [0.717, 1.165) is 5.52 Å². The Hall–Kier alpha value is -3.97. The maximum Gasteiger partial charge on any atom is 0.200 e. The lowest BCUT2D eigenvalue weighted by Gasteiger charge is -2.10. The van der Waals surface area contributed by atoms with Crippen molar-refractivity contribution in [3.05, 3.63) is 89.0 Å². The van der Waals surface area contributed by atoms with Gasteiger partial charge in [0.25, 0.3) is 0 Å². The number of aliphatic imine (C=N–C) groups is 1. The number of para-hydroxylation sites is 2. The van der Waals surface area contributed by atoms with E-state index in [-0.39, 0.29) is 27.9 Å². The number of hydrogen-bond donors (Lipinski definition) is 3. The third-order valence-electron chi connectivity index (χ3n) is 4.50. The van der Waals surface area contributed by atoms with E-state index in [0.29, 0.717) is 22.6 Å². The minimum atomic E-state index is -0.454. The number of aliphatic hydroxyl groups excluding tert-OH is 1. The lowest BCUT2D eigenvalue weighted by atomic mass is 9.99. The van der Waals surface area contributed by atoms with E-state index in [1.807, 2.05) is 24.3 Å². The first-order valence-electron chi connectivity index (χ1n) is 9.38. The molecule has 0 saturated carbocycles. The van der Waals surface area contributed by atoms with Gasteiger partial charge in [0.05, 0.1) is 22.6 Å². The summed E-state index contributed by atoms with van der Waals surface area (Å²) in [5, 5.41) is 11.4. The summed E-state index contributed by atoms with van der Waals surface area (Å²) in [6.07, 6.45) is 1.43. The van der Waals surface area contributed by atoms with Gasteiger partial charge >= 0.3 is 0 Å². The fraction of sp³-hybridized carbons (Fsp3) is 0.0435. The molecular weight excluding hydrogens is 414 g/mol. The fourth-order valence-corrected chi connectivity index (χ4v) is 3.33. The molecule has 4 aromatic rings. The second kappa shape index (κ2) is 8.41. The molecule has 2 aromatic carbocycles. The summed E-state index contributed by atoms with van der Waals surface area (Å²) in [5.41, 5.74) is 8.29. The van der Waals surface area contributed by atoms with E-state index in [9.17, 15) is 9.90 Å². The van der Waals surface area contributed by atoms with Gasteiger partial charge in [-0.15, -0.1) is 0 Å². The third-order valence-corrected chi connectivity index (χ3v) is 4.71. The van der Waals surface area contributed by atoms with Crippen molar-refractivity contribution in [1.82, 2.24) is 15.0 Å². The van der Waals surface area contributed by atoms with Crippen molar-refractivity contribution in [2.45, 2.75) is 6.92 Å². The van der Waals surface area contributed by atoms with Gasteiger partial charge in [-0.1, -0.05) is 35.9 Å². The molecule has 4 rings (SSSR count). The minimum absolute atomic E-state index is 0.00377. The van der Waals surface area contributed by atoms with Gasteiger partial charge < -0.3 is 15.8 Å². The molecule has 154 valence electrons. The molecule has 0 unspecified atom stereocenters. The van der Waals surface area contributed by atoms with Crippen LogP contribution in [-0.4, -0.2) is 31.7 Å². The number of pyridine rings is 1. The molecular formula is C23H18ClN5O2. The number of rotatable bonds is 5. The Labute approximate surface area is 183 Å². The Morgan fingerprint density at radius 3 is 2.65 bits per heavy atom. The van der Waals surface area contributed by atoms with Crippen LogP contribution in [0, 0.1) is 0 Å². The van der Waals surface area contributed by atoms with Crippen LogP contribution in [0.2, 0.25) is 5.15 Å². The number of nitrogens with zero attached hydrogens (tertiary/aromatic N) is 3. The number of aromatic nitrogens is 3. The standard InChI is InChI=1S/C23H18ClN5O2/c1-13(25)27-16-6-4-5-14(11-16)21(30)20(22(31)15-9-10-26-19(24)12-15)23-28-17-7-2-3-8-18(17)29-23/h2-12,30H,1H3,(H2,25,27)(H,28,29). The predicted octanol–water partition coefficient (Wildman–Crippen LogP) is 4.93. The Bertz CT molecular complexity index is 1320. The molecule has 31 heavy (non-hydrogen) atoms. The lowest BCUT2D eigenvalue weighted by molar-refractivity contribution is 0.105. The molecule has 7 nitrogen and oxygen atoms in total. The van der Waals surface area contributed by atoms with Crippen LogP contribution in [0.15, 0.2) is 71.9 Å². The van der Waals surface area contributed by atoms with Crippen LogP contribution in [-0.2, 0) is 0 Å². The molecule has 0 fully saturated rings. The summed E-state index contributed by atoms with van der Waals surface area (Å²) in [6, 6.07) is 17.1. The van der Waals surface area contributed by atoms with Crippen LogP contribution in [0.5, 0.6) is 0 Å². The zero-order chi connectivity index (χ0) is 22.0. The maximum atomic E-state index is 13.4. The van der Waals surface area contributed by atoms with Crippen LogP contribution in [0.1, 0.15) is 28.7 Å². The smallest absolute Gasteiger partial charge is 0.200 e. The first kappa shape index (κ1) is 20.3. The van der Waals surface area contributed by atoms with Crippen molar-refractivity contribution in [3.8, 4) is 0 Å². The number of ketones is 1. The van der Waals surface area contributed by atoms with Crippen molar-refractivity contribution in [2.24, 2.45) is 10.7 Å². The average molecular weight is 432 g/mol. The van der Waals surface area contributed by atoms with Crippen LogP contribution < -0.4 is 5.73 Å². The van der Waals surface area contributed by atoms with Gasteiger partial charge in [0, 0.05) is 17.3 Å². The van der Waals surface area contributed by atoms with E-state index in [1.54, 1.807) is 31.2 Å². The van der Waals surface area contributed by atoms with Gasteiger partial charge in [0.2, 0.25) is 5.78 Å². The number of aromatic amines is 1. The highest BCUT2D eigenvalue weighted by Crippen LogP contribution is 2.30. The number of carbonyl (C=O) groups excluding carboxylic acids is 1. The summed E-state index contributed by atoms with van der Waals surface area (Å²) in [5.74, 6) is -0.0883. The average Bonchev–Trinajstić information content (AvgIpc) is 3.17. The topological polar surface area (TPSA) is 117 Å². The van der Waals surface area contributed by atoms with Crippen molar-refractivity contribution in [1.29, 1.82) is 0 Å². The maximum absolute atomic E-state index is 13.4. The van der Waals surface area contributed by atoms with Crippen LogP contribution in [0.4, 0.5) is 5.69 Å². The number of carbonyl (C=O) groups is 1. The predicted molar refractivity (Wildman–Crippen MR) is 123 cm³/mol. The number of halogens is 1. The number of benzene rings is 2. The molecule has 2 heterocycles. The van der Waals surface area contributed by atoms with Crippen molar-refractivity contribution in [3.63, 3.8) is 0 Å². The Morgan fingerprint density at radius 1 is 1.10 bits per heavy atom. The normalized spacial score (nSPS) is 12.6. The number of Topliss-reactive ketones (excluding diaryl/α,β-unsaturated/α-hetero) is 1.